The summed E-state index contributed by atoms with van der Waals surface area (Å²) in [5, 5.41) is 0.701. The summed E-state index contributed by atoms with van der Waals surface area (Å²) in [4.78, 5) is 23.0. The predicted molar refractivity (Wildman–Crippen MR) is 151 cm³/mol. The van der Waals surface area contributed by atoms with Gasteiger partial charge in [0.1, 0.15) is 5.82 Å². The number of carbonyl (C=O) groups is 1. The minimum atomic E-state index is -3.74. The second-order valence-corrected chi connectivity index (χ2v) is 13.0. The maximum absolute atomic E-state index is 13.9. The highest BCUT2D eigenvalue weighted by molar-refractivity contribution is 7.89. The lowest BCUT2D eigenvalue weighted by molar-refractivity contribution is -0.123. The van der Waals surface area contributed by atoms with E-state index in [0.717, 1.165) is 68.0 Å². The molecule has 3 heterocycles. The third-order valence-electron chi connectivity index (χ3n) is 7.56. The van der Waals surface area contributed by atoms with Gasteiger partial charge in [0.15, 0.2) is 5.13 Å². The summed E-state index contributed by atoms with van der Waals surface area (Å²) >= 11 is 1.54. The second-order valence-electron chi connectivity index (χ2n) is 10.1. The van der Waals surface area contributed by atoms with E-state index in [1.165, 1.54) is 33.3 Å². The fourth-order valence-corrected chi connectivity index (χ4v) is 7.72. The number of aromatic nitrogens is 1. The van der Waals surface area contributed by atoms with Gasteiger partial charge in [-0.15, -0.1) is 0 Å². The first kappa shape index (κ1) is 28.1. The molecule has 0 unspecified atom stereocenters. The Hall–Kier alpha value is -2.44. The molecular weight excluding hydrogens is 539 g/mol. The lowest BCUT2D eigenvalue weighted by Crippen LogP contribution is -2.45. The van der Waals surface area contributed by atoms with Gasteiger partial charge in [0, 0.05) is 45.2 Å². The molecule has 11 heteroatoms. The lowest BCUT2D eigenvalue weighted by Gasteiger charge is -2.33. The first-order valence-electron chi connectivity index (χ1n) is 13.6. The van der Waals surface area contributed by atoms with Crippen LogP contribution in [0.4, 0.5) is 9.52 Å². The van der Waals surface area contributed by atoms with Gasteiger partial charge in [-0.25, -0.2) is 17.8 Å². The van der Waals surface area contributed by atoms with Crippen LogP contribution in [0.1, 0.15) is 31.7 Å². The largest absolute Gasteiger partial charge is 0.379 e. The zero-order valence-corrected chi connectivity index (χ0v) is 23.9. The molecule has 1 amide bonds. The van der Waals surface area contributed by atoms with Gasteiger partial charge < -0.3 is 4.74 Å². The van der Waals surface area contributed by atoms with E-state index in [1.54, 1.807) is 0 Å². The molecule has 39 heavy (non-hydrogen) atoms. The third-order valence-corrected chi connectivity index (χ3v) is 10.5. The molecule has 2 fully saturated rings. The van der Waals surface area contributed by atoms with E-state index in [2.05, 4.69) is 24.0 Å². The summed E-state index contributed by atoms with van der Waals surface area (Å²) < 4.78 is 47.3. The Morgan fingerprint density at radius 3 is 2.51 bits per heavy atom. The Kier molecular flexibility index (Phi) is 8.92. The van der Waals surface area contributed by atoms with Gasteiger partial charge in [0.2, 0.25) is 15.9 Å². The van der Waals surface area contributed by atoms with Crippen LogP contribution in [0.5, 0.6) is 0 Å². The number of hydrogen-bond donors (Lipinski definition) is 0. The number of morpholine rings is 1. The van der Waals surface area contributed by atoms with Crippen LogP contribution in [0.25, 0.3) is 10.2 Å². The topological polar surface area (TPSA) is 83.1 Å². The van der Waals surface area contributed by atoms with Crippen LogP contribution in [0.2, 0.25) is 0 Å². The SMILES string of the molecule is CCc1ccc2nc(N(CCCN3CCOCC3)C(=O)C3CCN(S(=O)(=O)c4ccc(F)cc4)CC3)sc2c1. The normalized spacial score (nSPS) is 18.0. The van der Waals surface area contributed by atoms with E-state index >= 15 is 0 Å². The molecular formula is C28H35FN4O4S2. The zero-order chi connectivity index (χ0) is 27.4. The molecule has 0 aliphatic carbocycles. The summed E-state index contributed by atoms with van der Waals surface area (Å²) in [6.07, 6.45) is 2.62. The van der Waals surface area contributed by atoms with E-state index in [9.17, 15) is 17.6 Å². The van der Waals surface area contributed by atoms with Crippen molar-refractivity contribution < 1.29 is 22.3 Å². The summed E-state index contributed by atoms with van der Waals surface area (Å²) in [6.45, 7) is 7.32. The maximum Gasteiger partial charge on any atom is 0.243 e. The molecule has 2 aromatic carbocycles. The van der Waals surface area contributed by atoms with Crippen molar-refractivity contribution in [2.24, 2.45) is 5.92 Å². The number of amides is 1. The average molecular weight is 575 g/mol. The van der Waals surface area contributed by atoms with Gasteiger partial charge in [-0.05, 0) is 67.6 Å². The molecule has 8 nitrogen and oxygen atoms in total. The lowest BCUT2D eigenvalue weighted by atomic mass is 9.96. The number of halogens is 1. The molecule has 0 saturated carbocycles. The van der Waals surface area contributed by atoms with Crippen molar-refractivity contribution in [1.82, 2.24) is 14.2 Å². The second kappa shape index (κ2) is 12.4. The molecule has 0 bridgehead atoms. The van der Waals surface area contributed by atoms with Gasteiger partial charge >= 0.3 is 0 Å². The van der Waals surface area contributed by atoms with Crippen LogP contribution in [-0.2, 0) is 26.0 Å². The molecule has 5 rings (SSSR count). The first-order valence-corrected chi connectivity index (χ1v) is 15.9. The highest BCUT2D eigenvalue weighted by Crippen LogP contribution is 2.33. The minimum absolute atomic E-state index is 0.00517. The van der Waals surface area contributed by atoms with Crippen LogP contribution in [-0.4, -0.2) is 81.0 Å². The number of benzene rings is 2. The van der Waals surface area contributed by atoms with Gasteiger partial charge in [-0.1, -0.05) is 24.3 Å². The maximum atomic E-state index is 13.9. The van der Waals surface area contributed by atoms with Crippen molar-refractivity contribution in [3.63, 3.8) is 0 Å². The molecule has 210 valence electrons. The Morgan fingerprint density at radius 1 is 1.10 bits per heavy atom. The molecule has 0 N–H and O–H groups in total. The van der Waals surface area contributed by atoms with Crippen LogP contribution in [0.15, 0.2) is 47.4 Å². The standard InChI is InChI=1S/C28H35FN4O4S2/c1-2-21-4-9-25-26(20-21)38-28(30-25)33(13-3-12-31-16-18-37-19-17-31)27(34)22-10-14-32(15-11-22)39(35,36)24-7-5-23(29)6-8-24/h4-9,20,22H,2-3,10-19H2,1H3. The molecule has 0 atom stereocenters. The minimum Gasteiger partial charge on any atom is -0.379 e. The van der Waals surface area contributed by atoms with Crippen LogP contribution in [0.3, 0.4) is 0 Å². The van der Waals surface area contributed by atoms with E-state index in [-0.39, 0.29) is 29.8 Å². The van der Waals surface area contributed by atoms with Crippen LogP contribution in [0, 0.1) is 11.7 Å². The summed E-state index contributed by atoms with van der Waals surface area (Å²) in [5.41, 5.74) is 2.12. The van der Waals surface area contributed by atoms with E-state index in [4.69, 9.17) is 9.72 Å². The quantitative estimate of drug-likeness (QED) is 0.382. The number of rotatable bonds is 9. The van der Waals surface area contributed by atoms with Gasteiger partial charge in [0.05, 0.1) is 28.3 Å². The number of carbonyl (C=O) groups excluding carboxylic acids is 1. The number of anilines is 1. The molecule has 2 aliphatic rings. The zero-order valence-electron chi connectivity index (χ0n) is 22.2. The van der Waals surface area contributed by atoms with Crippen LogP contribution >= 0.6 is 11.3 Å². The summed E-state index contributed by atoms with van der Waals surface area (Å²) in [6, 6.07) is 11.1. The van der Waals surface area contributed by atoms with Crippen molar-refractivity contribution >= 4 is 42.6 Å². The molecule has 2 aliphatic heterocycles. The van der Waals surface area contributed by atoms with Gasteiger partial charge in [-0.3, -0.25) is 14.6 Å². The molecule has 0 radical (unpaired) electrons. The monoisotopic (exact) mass is 574 g/mol. The number of piperidine rings is 1. The molecule has 1 aromatic heterocycles. The number of thiazole rings is 1. The third kappa shape index (κ3) is 6.49. The number of hydrogen-bond acceptors (Lipinski definition) is 7. The number of nitrogens with zero attached hydrogens (tertiary/aromatic N) is 4. The first-order chi connectivity index (χ1) is 18.8. The van der Waals surface area contributed by atoms with Crippen LogP contribution < -0.4 is 4.90 Å². The highest BCUT2D eigenvalue weighted by atomic mass is 32.2. The number of sulfonamides is 1. The number of aryl methyl sites for hydroxylation is 1. The molecule has 3 aromatic rings. The Balaban J connectivity index is 1.30. The highest BCUT2D eigenvalue weighted by Gasteiger charge is 2.35. The smallest absolute Gasteiger partial charge is 0.243 e. The van der Waals surface area contributed by atoms with Crippen molar-refractivity contribution in [1.29, 1.82) is 0 Å². The van der Waals surface area contributed by atoms with Crippen molar-refractivity contribution in [3.05, 3.63) is 53.8 Å². The van der Waals surface area contributed by atoms with Crippen molar-refractivity contribution in [2.75, 3.05) is 57.4 Å². The number of fused-ring (bicyclic) bond motifs is 1. The Labute approximate surface area is 233 Å². The van der Waals surface area contributed by atoms with Gasteiger partial charge in [0.25, 0.3) is 0 Å². The average Bonchev–Trinajstić information content (AvgIpc) is 3.39. The van der Waals surface area contributed by atoms with Crippen molar-refractivity contribution in [2.45, 2.75) is 37.5 Å². The molecule has 2 saturated heterocycles. The Morgan fingerprint density at radius 2 is 1.82 bits per heavy atom. The predicted octanol–water partition coefficient (Wildman–Crippen LogP) is 4.15. The van der Waals surface area contributed by atoms with E-state index in [0.29, 0.717) is 24.5 Å². The fourth-order valence-electron chi connectivity index (χ4n) is 5.19. The van der Waals surface area contributed by atoms with Crippen molar-refractivity contribution in [3.8, 4) is 0 Å². The summed E-state index contributed by atoms with van der Waals surface area (Å²) in [7, 11) is -3.74. The molecule has 0 spiro atoms. The van der Waals surface area contributed by atoms with Gasteiger partial charge in [-0.2, -0.15) is 4.31 Å². The fraction of sp³-hybridized carbons (Fsp3) is 0.500. The Bertz CT molecular complexity index is 1380. The summed E-state index contributed by atoms with van der Waals surface area (Å²) in [5.74, 6) is -0.760. The number of ether oxygens (including phenoxy) is 1. The van der Waals surface area contributed by atoms with E-state index in [1.807, 2.05) is 11.0 Å². The van der Waals surface area contributed by atoms with E-state index < -0.39 is 15.8 Å².